The summed E-state index contributed by atoms with van der Waals surface area (Å²) in [5.74, 6) is -0.339. The molecule has 0 amide bonds. The summed E-state index contributed by atoms with van der Waals surface area (Å²) in [6, 6.07) is 4.84. The lowest BCUT2D eigenvalue weighted by atomic mass is 9.99. The zero-order valence-corrected chi connectivity index (χ0v) is 10.8. The predicted molar refractivity (Wildman–Crippen MR) is 66.9 cm³/mol. The van der Waals surface area contributed by atoms with Crippen LogP contribution in [0.4, 0.5) is 4.39 Å². The van der Waals surface area contributed by atoms with Crippen LogP contribution in [-0.2, 0) is 0 Å². The third-order valence-electron chi connectivity index (χ3n) is 2.42. The van der Waals surface area contributed by atoms with Crippen molar-refractivity contribution in [1.82, 2.24) is 10.2 Å². The van der Waals surface area contributed by atoms with Crippen LogP contribution in [0.25, 0.3) is 11.1 Å². The first-order chi connectivity index (χ1) is 7.99. The molecule has 0 N–H and O–H groups in total. The van der Waals surface area contributed by atoms with E-state index in [4.69, 9.17) is 23.2 Å². The van der Waals surface area contributed by atoms with E-state index >= 15 is 0 Å². The maximum absolute atomic E-state index is 14.0. The predicted octanol–water partition coefficient (Wildman–Crippen LogP) is 4.21. The van der Waals surface area contributed by atoms with E-state index in [1.165, 1.54) is 12.1 Å². The molecular weight excluding hydrogens is 262 g/mol. The van der Waals surface area contributed by atoms with E-state index in [9.17, 15) is 4.39 Å². The summed E-state index contributed by atoms with van der Waals surface area (Å²) in [6.07, 6.45) is 0. The lowest BCUT2D eigenvalue weighted by molar-refractivity contribution is 0.629. The average Bonchev–Trinajstić information content (AvgIpc) is 2.21. The molecule has 0 atom stereocenters. The van der Waals surface area contributed by atoms with E-state index in [1.807, 2.05) is 19.9 Å². The minimum absolute atomic E-state index is 0.139. The zero-order valence-electron chi connectivity index (χ0n) is 9.26. The molecule has 0 spiro atoms. The molecule has 0 aliphatic rings. The Morgan fingerprint density at radius 3 is 2.41 bits per heavy atom. The molecule has 0 aliphatic carbocycles. The molecule has 17 heavy (non-hydrogen) atoms. The van der Waals surface area contributed by atoms with Gasteiger partial charge in [0.25, 0.3) is 0 Å². The highest BCUT2D eigenvalue weighted by Crippen LogP contribution is 2.32. The van der Waals surface area contributed by atoms with Crippen LogP contribution in [0.5, 0.6) is 0 Å². The van der Waals surface area contributed by atoms with E-state index in [-0.39, 0.29) is 16.1 Å². The van der Waals surface area contributed by atoms with Gasteiger partial charge >= 0.3 is 0 Å². The molecule has 0 radical (unpaired) electrons. The van der Waals surface area contributed by atoms with Crippen molar-refractivity contribution in [2.24, 2.45) is 0 Å². The minimum atomic E-state index is -0.339. The van der Waals surface area contributed by atoms with E-state index in [2.05, 4.69) is 10.2 Å². The molecule has 2 rings (SSSR count). The van der Waals surface area contributed by atoms with Crippen LogP contribution in [0.15, 0.2) is 18.2 Å². The Hall–Kier alpha value is -1.19. The number of aromatic nitrogens is 2. The maximum Gasteiger partial charge on any atom is 0.159 e. The number of benzene rings is 1. The highest BCUT2D eigenvalue weighted by Gasteiger charge is 2.14. The third-order valence-corrected chi connectivity index (χ3v) is 2.88. The first-order valence-electron chi connectivity index (χ1n) is 4.95. The minimum Gasteiger partial charge on any atom is -0.206 e. The van der Waals surface area contributed by atoms with Crippen molar-refractivity contribution >= 4 is 23.2 Å². The van der Waals surface area contributed by atoms with E-state index < -0.39 is 0 Å². The van der Waals surface area contributed by atoms with Crippen LogP contribution >= 0.6 is 23.2 Å². The fraction of sp³-hybridized carbons (Fsp3) is 0.167. The monoisotopic (exact) mass is 270 g/mol. The summed E-state index contributed by atoms with van der Waals surface area (Å²) in [6.45, 7) is 3.65. The Balaban J connectivity index is 2.72. The molecule has 0 unspecified atom stereocenters. The number of hydrogen-bond acceptors (Lipinski definition) is 2. The van der Waals surface area contributed by atoms with Gasteiger partial charge in [-0.3, -0.25) is 0 Å². The molecule has 0 bridgehead atoms. The van der Waals surface area contributed by atoms with Gasteiger partial charge in [-0.15, -0.1) is 10.2 Å². The zero-order chi connectivity index (χ0) is 12.6. The molecule has 0 saturated carbocycles. The summed E-state index contributed by atoms with van der Waals surface area (Å²) in [5, 5.41) is 7.60. The topological polar surface area (TPSA) is 25.8 Å². The number of halogens is 3. The maximum atomic E-state index is 14.0. The quantitative estimate of drug-likeness (QED) is 0.776. The first kappa shape index (κ1) is 12.3. The van der Waals surface area contributed by atoms with Crippen molar-refractivity contribution in [3.05, 3.63) is 45.4 Å². The van der Waals surface area contributed by atoms with Crippen LogP contribution < -0.4 is 0 Å². The standard InChI is InChI=1S/C12H9Cl2FN2/c1-6-3-7(2)11(9(15)4-6)8-5-10(13)16-17-12(8)14/h3-5H,1-2H3. The Labute approximate surface area is 108 Å². The summed E-state index contributed by atoms with van der Waals surface area (Å²) in [5.41, 5.74) is 2.51. The highest BCUT2D eigenvalue weighted by molar-refractivity contribution is 6.33. The molecule has 88 valence electrons. The van der Waals surface area contributed by atoms with Gasteiger partial charge in [0.2, 0.25) is 0 Å². The van der Waals surface area contributed by atoms with Crippen LogP contribution in [-0.4, -0.2) is 10.2 Å². The van der Waals surface area contributed by atoms with Crippen LogP contribution in [0.3, 0.4) is 0 Å². The Morgan fingerprint density at radius 2 is 1.76 bits per heavy atom. The molecule has 2 nitrogen and oxygen atoms in total. The van der Waals surface area contributed by atoms with Crippen molar-refractivity contribution in [3.8, 4) is 11.1 Å². The third kappa shape index (κ3) is 2.40. The fourth-order valence-corrected chi connectivity index (χ4v) is 2.12. The molecule has 1 aromatic carbocycles. The van der Waals surface area contributed by atoms with Gasteiger partial charge in [-0.1, -0.05) is 29.3 Å². The van der Waals surface area contributed by atoms with Gasteiger partial charge in [0.05, 0.1) is 0 Å². The number of rotatable bonds is 1. The molecule has 2 aromatic rings. The van der Waals surface area contributed by atoms with Gasteiger partial charge in [-0.05, 0) is 37.1 Å². The second-order valence-electron chi connectivity index (χ2n) is 3.81. The van der Waals surface area contributed by atoms with Gasteiger partial charge in [-0.25, -0.2) is 4.39 Å². The lowest BCUT2D eigenvalue weighted by Gasteiger charge is -2.10. The van der Waals surface area contributed by atoms with E-state index in [0.29, 0.717) is 11.1 Å². The Morgan fingerprint density at radius 1 is 1.06 bits per heavy atom. The number of nitrogens with zero attached hydrogens (tertiary/aromatic N) is 2. The van der Waals surface area contributed by atoms with Gasteiger partial charge in [0, 0.05) is 11.1 Å². The molecular formula is C12H9Cl2FN2. The van der Waals surface area contributed by atoms with Crippen molar-refractivity contribution in [3.63, 3.8) is 0 Å². The van der Waals surface area contributed by atoms with Gasteiger partial charge in [0.15, 0.2) is 10.3 Å². The fourth-order valence-electron chi connectivity index (χ4n) is 1.79. The summed E-state index contributed by atoms with van der Waals surface area (Å²) < 4.78 is 14.0. The number of hydrogen-bond donors (Lipinski definition) is 0. The van der Waals surface area contributed by atoms with Crippen LogP contribution in [0.2, 0.25) is 10.3 Å². The van der Waals surface area contributed by atoms with E-state index in [0.717, 1.165) is 11.1 Å². The van der Waals surface area contributed by atoms with Crippen molar-refractivity contribution in [2.45, 2.75) is 13.8 Å². The average molecular weight is 271 g/mol. The smallest absolute Gasteiger partial charge is 0.159 e. The Bertz CT molecular complexity index is 562. The molecule has 0 saturated heterocycles. The summed E-state index contributed by atoms with van der Waals surface area (Å²) in [4.78, 5) is 0. The first-order valence-corrected chi connectivity index (χ1v) is 5.70. The molecule has 1 aromatic heterocycles. The highest BCUT2D eigenvalue weighted by atomic mass is 35.5. The summed E-state index contributed by atoms with van der Waals surface area (Å²) >= 11 is 11.7. The van der Waals surface area contributed by atoms with Crippen molar-refractivity contribution in [1.29, 1.82) is 0 Å². The van der Waals surface area contributed by atoms with Gasteiger partial charge < -0.3 is 0 Å². The second kappa shape index (κ2) is 4.59. The number of aryl methyl sites for hydroxylation is 2. The SMILES string of the molecule is Cc1cc(C)c(-c2cc(Cl)nnc2Cl)c(F)c1. The van der Waals surface area contributed by atoms with Crippen molar-refractivity contribution in [2.75, 3.05) is 0 Å². The van der Waals surface area contributed by atoms with Gasteiger partial charge in [0.1, 0.15) is 5.82 Å². The molecule has 5 heteroatoms. The molecule has 1 heterocycles. The Kier molecular flexibility index (Phi) is 3.31. The van der Waals surface area contributed by atoms with Gasteiger partial charge in [-0.2, -0.15) is 0 Å². The molecule has 0 aliphatic heterocycles. The van der Waals surface area contributed by atoms with Crippen molar-refractivity contribution < 1.29 is 4.39 Å². The van der Waals surface area contributed by atoms with Crippen LogP contribution in [0.1, 0.15) is 11.1 Å². The second-order valence-corrected chi connectivity index (χ2v) is 4.56. The summed E-state index contributed by atoms with van der Waals surface area (Å²) in [7, 11) is 0. The largest absolute Gasteiger partial charge is 0.206 e. The van der Waals surface area contributed by atoms with Crippen LogP contribution in [0, 0.1) is 19.7 Å². The van der Waals surface area contributed by atoms with E-state index in [1.54, 1.807) is 0 Å². The normalized spacial score (nSPS) is 10.6. The molecule has 0 fully saturated rings. The lowest BCUT2D eigenvalue weighted by Crippen LogP contribution is -1.94.